The van der Waals surface area contributed by atoms with Gasteiger partial charge in [0.05, 0.1) is 30.6 Å². The number of para-hydroxylation sites is 1. The van der Waals surface area contributed by atoms with E-state index >= 15 is 0 Å². The summed E-state index contributed by atoms with van der Waals surface area (Å²) < 4.78 is 5.23. The van der Waals surface area contributed by atoms with Gasteiger partial charge in [-0.3, -0.25) is 14.5 Å². The molecule has 0 bridgehead atoms. The number of carbonyl (C=O) groups excluding carboxylic acids is 2. The van der Waals surface area contributed by atoms with Crippen LogP contribution in [0.25, 0.3) is 0 Å². The normalized spacial score (nSPS) is 20.7. The van der Waals surface area contributed by atoms with E-state index in [0.717, 1.165) is 13.1 Å². The molecule has 7 heteroatoms. The van der Waals surface area contributed by atoms with Crippen LogP contribution < -0.4 is 10.6 Å². The number of anilines is 1. The third kappa shape index (κ3) is 4.99. The quantitative estimate of drug-likeness (QED) is 0.798. The molecule has 2 unspecified atom stereocenters. The van der Waals surface area contributed by atoms with Gasteiger partial charge in [-0.05, 0) is 45.2 Å². The van der Waals surface area contributed by atoms with Crippen molar-refractivity contribution < 1.29 is 14.0 Å². The Balaban J connectivity index is 1.61. The third-order valence-electron chi connectivity index (χ3n) is 5.22. The summed E-state index contributed by atoms with van der Waals surface area (Å²) in [6, 6.07) is 11.3. The second kappa shape index (κ2) is 9.03. The Hall–Kier alpha value is -2.64. The Morgan fingerprint density at radius 1 is 1.11 bits per heavy atom. The predicted octanol–water partition coefficient (Wildman–Crippen LogP) is 2.17. The zero-order chi connectivity index (χ0) is 20.1. The largest absolute Gasteiger partial charge is 0.467 e. The van der Waals surface area contributed by atoms with Crippen molar-refractivity contribution in [2.45, 2.75) is 32.5 Å². The van der Waals surface area contributed by atoms with Gasteiger partial charge >= 0.3 is 0 Å². The van der Waals surface area contributed by atoms with Crippen LogP contribution in [0.3, 0.4) is 0 Å². The molecule has 2 N–H and O–H groups in total. The molecule has 28 heavy (non-hydrogen) atoms. The minimum absolute atomic E-state index is 0.116. The average molecular weight is 384 g/mol. The van der Waals surface area contributed by atoms with Gasteiger partial charge in [0.2, 0.25) is 5.91 Å². The van der Waals surface area contributed by atoms with Gasteiger partial charge in [0.15, 0.2) is 0 Å². The van der Waals surface area contributed by atoms with Crippen molar-refractivity contribution in [1.29, 1.82) is 0 Å². The number of hydrogen-bond donors (Lipinski definition) is 2. The molecule has 1 fully saturated rings. The SMILES string of the molecule is CC1CN(CC(=O)Nc2ccccc2C(=O)NCc2ccco2)C(C)CN1C. The van der Waals surface area contributed by atoms with E-state index in [1.165, 1.54) is 0 Å². The highest BCUT2D eigenvalue weighted by Gasteiger charge is 2.28. The molecular weight excluding hydrogens is 356 g/mol. The van der Waals surface area contributed by atoms with E-state index in [2.05, 4.69) is 41.3 Å². The predicted molar refractivity (Wildman–Crippen MR) is 108 cm³/mol. The lowest BCUT2D eigenvalue weighted by Crippen LogP contribution is -2.56. The number of rotatable bonds is 6. The van der Waals surface area contributed by atoms with Gasteiger partial charge in [0.1, 0.15) is 5.76 Å². The van der Waals surface area contributed by atoms with Crippen molar-refractivity contribution >= 4 is 17.5 Å². The Bertz CT molecular complexity index is 806. The molecule has 2 aromatic rings. The maximum Gasteiger partial charge on any atom is 0.253 e. The zero-order valence-corrected chi connectivity index (χ0v) is 16.6. The molecule has 0 radical (unpaired) electrons. The number of likely N-dealkylation sites (N-methyl/N-ethyl adjacent to an activating group) is 1. The van der Waals surface area contributed by atoms with Crippen LogP contribution in [0.1, 0.15) is 30.0 Å². The van der Waals surface area contributed by atoms with E-state index in [0.29, 0.717) is 42.2 Å². The molecule has 1 aromatic heterocycles. The number of amides is 2. The number of hydrogen-bond acceptors (Lipinski definition) is 5. The summed E-state index contributed by atoms with van der Waals surface area (Å²) in [5.74, 6) is 0.303. The highest BCUT2D eigenvalue weighted by Crippen LogP contribution is 2.17. The van der Waals surface area contributed by atoms with Crippen LogP contribution in [0.2, 0.25) is 0 Å². The van der Waals surface area contributed by atoms with Gasteiger partial charge in [0.25, 0.3) is 5.91 Å². The first-order valence-corrected chi connectivity index (χ1v) is 9.57. The van der Waals surface area contributed by atoms with E-state index in [1.807, 2.05) is 0 Å². The first kappa shape index (κ1) is 20.1. The Morgan fingerprint density at radius 3 is 2.64 bits per heavy atom. The molecule has 1 aliphatic heterocycles. The Labute approximate surface area is 165 Å². The number of benzene rings is 1. The van der Waals surface area contributed by atoms with Crippen LogP contribution in [0.4, 0.5) is 5.69 Å². The minimum Gasteiger partial charge on any atom is -0.467 e. The molecule has 0 aliphatic carbocycles. The summed E-state index contributed by atoms with van der Waals surface area (Å²) in [6.45, 7) is 6.67. The van der Waals surface area contributed by atoms with Gasteiger partial charge in [-0.15, -0.1) is 0 Å². The van der Waals surface area contributed by atoms with Crippen molar-refractivity contribution in [3.8, 4) is 0 Å². The van der Waals surface area contributed by atoms with E-state index in [9.17, 15) is 9.59 Å². The lowest BCUT2D eigenvalue weighted by molar-refractivity contribution is -0.118. The molecule has 2 heterocycles. The molecule has 7 nitrogen and oxygen atoms in total. The summed E-state index contributed by atoms with van der Waals surface area (Å²) in [5.41, 5.74) is 0.946. The summed E-state index contributed by atoms with van der Waals surface area (Å²) in [5, 5.41) is 5.71. The molecule has 0 saturated carbocycles. The van der Waals surface area contributed by atoms with Gasteiger partial charge in [0, 0.05) is 25.2 Å². The molecule has 1 aromatic carbocycles. The first-order valence-electron chi connectivity index (χ1n) is 9.57. The molecular formula is C21H28N4O3. The van der Waals surface area contributed by atoms with Gasteiger partial charge in [-0.2, -0.15) is 0 Å². The molecule has 3 rings (SSSR count). The second-order valence-electron chi connectivity index (χ2n) is 7.42. The number of carbonyl (C=O) groups is 2. The molecule has 2 amide bonds. The first-order chi connectivity index (χ1) is 13.4. The highest BCUT2D eigenvalue weighted by atomic mass is 16.3. The monoisotopic (exact) mass is 384 g/mol. The summed E-state index contributed by atoms with van der Waals surface area (Å²) in [6.07, 6.45) is 1.57. The Morgan fingerprint density at radius 2 is 1.89 bits per heavy atom. The fourth-order valence-corrected chi connectivity index (χ4v) is 3.43. The molecule has 2 atom stereocenters. The van der Waals surface area contributed by atoms with Crippen LogP contribution in [-0.4, -0.2) is 60.4 Å². The summed E-state index contributed by atoms with van der Waals surface area (Å²) in [4.78, 5) is 29.6. The van der Waals surface area contributed by atoms with Crippen LogP contribution in [-0.2, 0) is 11.3 Å². The van der Waals surface area contributed by atoms with Crippen LogP contribution >= 0.6 is 0 Å². The van der Waals surface area contributed by atoms with Crippen molar-refractivity contribution in [3.63, 3.8) is 0 Å². The van der Waals surface area contributed by atoms with Crippen molar-refractivity contribution in [2.75, 3.05) is 32.0 Å². The number of nitrogens with zero attached hydrogens (tertiary/aromatic N) is 2. The lowest BCUT2D eigenvalue weighted by atomic mass is 10.1. The van der Waals surface area contributed by atoms with E-state index < -0.39 is 0 Å². The van der Waals surface area contributed by atoms with Gasteiger partial charge in [-0.1, -0.05) is 12.1 Å². The van der Waals surface area contributed by atoms with Crippen LogP contribution in [0.15, 0.2) is 47.1 Å². The van der Waals surface area contributed by atoms with E-state index in [4.69, 9.17) is 4.42 Å². The molecule has 1 saturated heterocycles. The second-order valence-corrected chi connectivity index (χ2v) is 7.42. The van der Waals surface area contributed by atoms with Crippen LogP contribution in [0.5, 0.6) is 0 Å². The lowest BCUT2D eigenvalue weighted by Gasteiger charge is -2.42. The maximum absolute atomic E-state index is 12.6. The summed E-state index contributed by atoms with van der Waals surface area (Å²) in [7, 11) is 2.11. The van der Waals surface area contributed by atoms with E-state index in [1.54, 1.807) is 42.7 Å². The standard InChI is InChI=1S/C21H28N4O3/c1-15-13-25(16(2)12-24(15)3)14-20(26)23-19-9-5-4-8-18(19)21(27)22-11-17-7-6-10-28-17/h4-10,15-16H,11-14H2,1-3H3,(H,22,27)(H,23,26). The highest BCUT2D eigenvalue weighted by molar-refractivity contribution is 6.04. The van der Waals surface area contributed by atoms with Crippen molar-refractivity contribution in [1.82, 2.24) is 15.1 Å². The number of furan rings is 1. The van der Waals surface area contributed by atoms with E-state index in [-0.39, 0.29) is 11.8 Å². The smallest absolute Gasteiger partial charge is 0.253 e. The maximum atomic E-state index is 12.6. The average Bonchev–Trinajstić information content (AvgIpc) is 3.18. The third-order valence-corrected chi connectivity index (χ3v) is 5.22. The van der Waals surface area contributed by atoms with Crippen molar-refractivity contribution in [2.24, 2.45) is 0 Å². The fourth-order valence-electron chi connectivity index (χ4n) is 3.43. The van der Waals surface area contributed by atoms with Crippen molar-refractivity contribution in [3.05, 3.63) is 54.0 Å². The number of piperazine rings is 1. The molecule has 1 aliphatic rings. The van der Waals surface area contributed by atoms with Crippen LogP contribution in [0, 0.1) is 0 Å². The topological polar surface area (TPSA) is 77.8 Å². The van der Waals surface area contributed by atoms with Gasteiger partial charge < -0.3 is 20.0 Å². The van der Waals surface area contributed by atoms with Gasteiger partial charge in [-0.25, -0.2) is 0 Å². The molecule has 150 valence electrons. The minimum atomic E-state index is -0.256. The Kier molecular flexibility index (Phi) is 6.49. The fraction of sp³-hybridized carbons (Fsp3) is 0.429. The summed E-state index contributed by atoms with van der Waals surface area (Å²) >= 11 is 0. The number of nitrogens with one attached hydrogen (secondary N) is 2. The molecule has 0 spiro atoms. The zero-order valence-electron chi connectivity index (χ0n) is 16.6.